The molecule has 0 saturated heterocycles. The van der Waals surface area contributed by atoms with Crippen LogP contribution in [0.5, 0.6) is 0 Å². The fourth-order valence-corrected chi connectivity index (χ4v) is 2.96. The molecule has 88 valence electrons. The average molecular weight is 275 g/mol. The number of hydrogen-bond acceptors (Lipinski definition) is 1. The van der Waals surface area contributed by atoms with E-state index in [9.17, 15) is 0 Å². The third-order valence-electron chi connectivity index (χ3n) is 3.31. The Bertz CT molecular complexity index is 181. The van der Waals surface area contributed by atoms with E-state index in [-0.39, 0.29) is 0 Å². The van der Waals surface area contributed by atoms with Crippen LogP contribution in [-0.2, 0) is 4.74 Å². The third-order valence-corrected chi connectivity index (χ3v) is 4.50. The first kappa shape index (κ1) is 13.2. The molecular weight excluding hydrogens is 252 g/mol. The molecule has 1 aliphatic carbocycles. The molecule has 0 atom stereocenters. The molecule has 1 saturated carbocycles. The minimum absolute atomic E-state index is 0.415. The number of halogens is 1. The molecule has 15 heavy (non-hydrogen) atoms. The largest absolute Gasteiger partial charge is 0.377 e. The number of alkyl halides is 1. The van der Waals surface area contributed by atoms with Gasteiger partial charge in [0, 0.05) is 10.7 Å². The zero-order valence-corrected chi connectivity index (χ0v) is 11.4. The van der Waals surface area contributed by atoms with Crippen LogP contribution in [0, 0.1) is 5.41 Å². The second kappa shape index (κ2) is 7.45. The van der Waals surface area contributed by atoms with Crippen molar-refractivity contribution in [1.82, 2.24) is 0 Å². The van der Waals surface area contributed by atoms with Gasteiger partial charge in [0.05, 0.1) is 13.2 Å². The van der Waals surface area contributed by atoms with E-state index >= 15 is 0 Å². The van der Waals surface area contributed by atoms with Crippen LogP contribution in [0.1, 0.15) is 45.4 Å². The molecular formula is C13H23BrO. The van der Waals surface area contributed by atoms with Crippen molar-refractivity contribution < 1.29 is 4.74 Å². The number of hydrogen-bond donors (Lipinski definition) is 0. The van der Waals surface area contributed by atoms with Gasteiger partial charge in [-0.25, -0.2) is 0 Å². The first-order valence-electron chi connectivity index (χ1n) is 6.08. The number of ether oxygens (including phenoxy) is 1. The van der Waals surface area contributed by atoms with E-state index in [1.54, 1.807) is 0 Å². The van der Waals surface area contributed by atoms with Gasteiger partial charge in [-0.1, -0.05) is 53.8 Å². The molecule has 1 aliphatic rings. The van der Waals surface area contributed by atoms with E-state index in [0.29, 0.717) is 5.41 Å². The second-order valence-corrected chi connectivity index (χ2v) is 5.19. The van der Waals surface area contributed by atoms with E-state index in [4.69, 9.17) is 4.74 Å². The van der Waals surface area contributed by atoms with Gasteiger partial charge in [-0.3, -0.25) is 0 Å². The first-order chi connectivity index (χ1) is 7.33. The van der Waals surface area contributed by atoms with Gasteiger partial charge < -0.3 is 4.74 Å². The van der Waals surface area contributed by atoms with Gasteiger partial charge in [0.2, 0.25) is 0 Å². The molecule has 0 aromatic rings. The standard InChI is InChI=1S/C13H23BrO/c1-2-3-10-15-12-13(11-14)8-6-4-5-7-9-13/h2-3H,4-12H2,1H3. The van der Waals surface area contributed by atoms with Gasteiger partial charge in [-0.15, -0.1) is 0 Å². The van der Waals surface area contributed by atoms with Crippen molar-refractivity contribution in [1.29, 1.82) is 0 Å². The first-order valence-corrected chi connectivity index (χ1v) is 7.20. The molecule has 2 heteroatoms. The molecule has 0 heterocycles. The lowest BCUT2D eigenvalue weighted by atomic mass is 9.83. The molecule has 0 unspecified atom stereocenters. The summed E-state index contributed by atoms with van der Waals surface area (Å²) >= 11 is 3.67. The number of rotatable bonds is 5. The summed E-state index contributed by atoms with van der Waals surface area (Å²) in [5, 5.41) is 1.09. The Balaban J connectivity index is 2.36. The van der Waals surface area contributed by atoms with Crippen LogP contribution in [0.15, 0.2) is 12.2 Å². The van der Waals surface area contributed by atoms with Crippen LogP contribution in [0.4, 0.5) is 0 Å². The summed E-state index contributed by atoms with van der Waals surface area (Å²) in [6.45, 7) is 3.73. The molecule has 0 aromatic carbocycles. The van der Waals surface area contributed by atoms with Gasteiger partial charge in [-0.2, -0.15) is 0 Å². The van der Waals surface area contributed by atoms with Gasteiger partial charge in [0.15, 0.2) is 0 Å². The third kappa shape index (κ3) is 4.69. The highest BCUT2D eigenvalue weighted by Crippen LogP contribution is 2.36. The fourth-order valence-electron chi connectivity index (χ4n) is 2.23. The molecule has 0 aliphatic heterocycles. The van der Waals surface area contributed by atoms with Gasteiger partial charge in [0.25, 0.3) is 0 Å². The van der Waals surface area contributed by atoms with Crippen LogP contribution < -0.4 is 0 Å². The van der Waals surface area contributed by atoms with Crippen LogP contribution in [0.3, 0.4) is 0 Å². The lowest BCUT2D eigenvalue weighted by molar-refractivity contribution is 0.0638. The summed E-state index contributed by atoms with van der Waals surface area (Å²) < 4.78 is 5.75. The monoisotopic (exact) mass is 274 g/mol. The van der Waals surface area contributed by atoms with Gasteiger partial charge in [0.1, 0.15) is 0 Å². The zero-order chi connectivity index (χ0) is 11.0. The smallest absolute Gasteiger partial charge is 0.0647 e. The molecule has 1 nitrogen and oxygen atoms in total. The lowest BCUT2D eigenvalue weighted by Crippen LogP contribution is -2.28. The van der Waals surface area contributed by atoms with E-state index in [1.165, 1.54) is 38.5 Å². The van der Waals surface area contributed by atoms with Crippen molar-refractivity contribution in [3.63, 3.8) is 0 Å². The summed E-state index contributed by atoms with van der Waals surface area (Å²) in [4.78, 5) is 0. The normalized spacial score (nSPS) is 21.7. The second-order valence-electron chi connectivity index (χ2n) is 4.63. The van der Waals surface area contributed by atoms with Crippen molar-refractivity contribution in [3.8, 4) is 0 Å². The summed E-state index contributed by atoms with van der Waals surface area (Å²) in [5.74, 6) is 0. The SMILES string of the molecule is CC=CCOCC1(CBr)CCCCCC1. The van der Waals surface area contributed by atoms with Crippen LogP contribution >= 0.6 is 15.9 Å². The van der Waals surface area contributed by atoms with Crippen LogP contribution in [0.2, 0.25) is 0 Å². The predicted molar refractivity (Wildman–Crippen MR) is 69.6 cm³/mol. The van der Waals surface area contributed by atoms with Crippen molar-refractivity contribution in [2.75, 3.05) is 18.5 Å². The molecule has 0 amide bonds. The Morgan fingerprint density at radius 2 is 1.87 bits per heavy atom. The highest BCUT2D eigenvalue weighted by Gasteiger charge is 2.29. The maximum atomic E-state index is 5.75. The highest BCUT2D eigenvalue weighted by atomic mass is 79.9. The van der Waals surface area contributed by atoms with Crippen molar-refractivity contribution in [2.45, 2.75) is 45.4 Å². The molecule has 0 spiro atoms. The Morgan fingerprint density at radius 1 is 1.20 bits per heavy atom. The minimum atomic E-state index is 0.415. The summed E-state index contributed by atoms with van der Waals surface area (Å²) in [7, 11) is 0. The Labute approximate surface area is 102 Å². The molecule has 0 radical (unpaired) electrons. The maximum Gasteiger partial charge on any atom is 0.0647 e. The van der Waals surface area contributed by atoms with Gasteiger partial charge >= 0.3 is 0 Å². The van der Waals surface area contributed by atoms with E-state index in [0.717, 1.165) is 18.5 Å². The van der Waals surface area contributed by atoms with Crippen molar-refractivity contribution in [3.05, 3.63) is 12.2 Å². The average Bonchev–Trinajstić information content (AvgIpc) is 2.51. The van der Waals surface area contributed by atoms with E-state index < -0.39 is 0 Å². The van der Waals surface area contributed by atoms with Crippen LogP contribution in [-0.4, -0.2) is 18.5 Å². The zero-order valence-electron chi connectivity index (χ0n) is 9.80. The summed E-state index contributed by atoms with van der Waals surface area (Å²) in [6.07, 6.45) is 12.3. The van der Waals surface area contributed by atoms with Crippen molar-refractivity contribution >= 4 is 15.9 Å². The quantitative estimate of drug-likeness (QED) is 0.314. The Kier molecular flexibility index (Phi) is 6.58. The molecule has 0 aromatic heterocycles. The Hall–Kier alpha value is 0.180. The highest BCUT2D eigenvalue weighted by molar-refractivity contribution is 9.09. The molecule has 0 N–H and O–H groups in total. The summed E-state index contributed by atoms with van der Waals surface area (Å²) in [5.41, 5.74) is 0.415. The fraction of sp³-hybridized carbons (Fsp3) is 0.846. The molecule has 1 fully saturated rings. The van der Waals surface area contributed by atoms with E-state index in [1.807, 2.05) is 13.0 Å². The number of allylic oxidation sites excluding steroid dienone is 1. The minimum Gasteiger partial charge on any atom is -0.377 e. The topological polar surface area (TPSA) is 9.23 Å². The molecule has 0 bridgehead atoms. The van der Waals surface area contributed by atoms with E-state index in [2.05, 4.69) is 22.0 Å². The molecule has 1 rings (SSSR count). The summed E-state index contributed by atoms with van der Waals surface area (Å²) in [6, 6.07) is 0. The maximum absolute atomic E-state index is 5.75. The van der Waals surface area contributed by atoms with Crippen molar-refractivity contribution in [2.24, 2.45) is 5.41 Å². The predicted octanol–water partition coefficient (Wildman–Crippen LogP) is 4.31. The van der Waals surface area contributed by atoms with Crippen LogP contribution in [0.25, 0.3) is 0 Å². The lowest BCUT2D eigenvalue weighted by Gasteiger charge is -2.30. The van der Waals surface area contributed by atoms with Gasteiger partial charge in [-0.05, 0) is 19.8 Å². The Morgan fingerprint density at radius 3 is 2.40 bits per heavy atom.